The van der Waals surface area contributed by atoms with Gasteiger partial charge in [-0.05, 0) is 36.1 Å². The summed E-state index contributed by atoms with van der Waals surface area (Å²) in [6, 6.07) is 6.19. The molecule has 1 atom stereocenters. The van der Waals surface area contributed by atoms with Crippen LogP contribution < -0.4 is 11.3 Å². The molecule has 1 aromatic heterocycles. The van der Waals surface area contributed by atoms with Crippen LogP contribution in [-0.4, -0.2) is 4.98 Å². The minimum absolute atomic E-state index is 0.229. The number of nitrogens with zero attached hydrogens (tertiary/aromatic N) is 1. The van der Waals surface area contributed by atoms with Crippen LogP contribution in [0, 0.1) is 0 Å². The average Bonchev–Trinajstić information content (AvgIpc) is 2.43. The van der Waals surface area contributed by atoms with E-state index in [2.05, 4.69) is 24.3 Å². The van der Waals surface area contributed by atoms with E-state index in [1.807, 2.05) is 12.1 Å². The Kier molecular flexibility index (Phi) is 3.85. The molecule has 1 unspecified atom stereocenters. The normalized spacial score (nSPS) is 13.5. The van der Waals surface area contributed by atoms with Crippen LogP contribution in [0.25, 0.3) is 10.9 Å². The van der Waals surface area contributed by atoms with Crippen molar-refractivity contribution in [3.8, 4) is 0 Å². The minimum atomic E-state index is -4.49. The topological polar surface area (TPSA) is 50.9 Å². The van der Waals surface area contributed by atoms with E-state index in [1.165, 1.54) is 0 Å². The molecule has 1 heterocycles. The van der Waals surface area contributed by atoms with Crippen LogP contribution in [0.4, 0.5) is 18.9 Å². The Labute approximate surface area is 115 Å². The fraction of sp³-hybridized carbons (Fsp3) is 0.357. The van der Waals surface area contributed by atoms with Gasteiger partial charge in [0, 0.05) is 5.39 Å². The third-order valence-electron chi connectivity index (χ3n) is 3.46. The van der Waals surface area contributed by atoms with Gasteiger partial charge in [-0.15, -0.1) is 0 Å². The molecule has 0 saturated heterocycles. The van der Waals surface area contributed by atoms with E-state index >= 15 is 0 Å². The average molecular weight is 283 g/mol. The van der Waals surface area contributed by atoms with E-state index in [-0.39, 0.29) is 11.2 Å². The first-order valence-electron chi connectivity index (χ1n) is 6.35. The highest BCUT2D eigenvalue weighted by Gasteiger charge is 2.33. The number of halogens is 3. The quantitative estimate of drug-likeness (QED) is 0.660. The first-order valence-corrected chi connectivity index (χ1v) is 6.35. The van der Waals surface area contributed by atoms with Crippen molar-refractivity contribution in [2.45, 2.75) is 32.4 Å². The van der Waals surface area contributed by atoms with Crippen LogP contribution in [0.2, 0.25) is 0 Å². The fourth-order valence-corrected chi connectivity index (χ4v) is 2.05. The molecular formula is C14H16F3N3. The van der Waals surface area contributed by atoms with Crippen molar-refractivity contribution in [2.75, 3.05) is 5.43 Å². The van der Waals surface area contributed by atoms with Crippen molar-refractivity contribution in [3.63, 3.8) is 0 Å². The van der Waals surface area contributed by atoms with Gasteiger partial charge in [-0.2, -0.15) is 13.2 Å². The summed E-state index contributed by atoms with van der Waals surface area (Å²) in [5.41, 5.74) is 2.94. The van der Waals surface area contributed by atoms with Gasteiger partial charge in [-0.1, -0.05) is 19.9 Å². The number of alkyl halides is 3. The van der Waals surface area contributed by atoms with E-state index in [0.717, 1.165) is 18.1 Å². The highest BCUT2D eigenvalue weighted by atomic mass is 19.4. The van der Waals surface area contributed by atoms with Crippen LogP contribution in [0.3, 0.4) is 0 Å². The summed E-state index contributed by atoms with van der Waals surface area (Å²) < 4.78 is 38.3. The molecule has 0 fully saturated rings. The maximum atomic E-state index is 12.8. The summed E-state index contributed by atoms with van der Waals surface area (Å²) in [5, 5.41) is 0.596. The Morgan fingerprint density at radius 1 is 1.30 bits per heavy atom. The third-order valence-corrected chi connectivity index (χ3v) is 3.46. The van der Waals surface area contributed by atoms with Gasteiger partial charge in [-0.25, -0.2) is 4.98 Å². The van der Waals surface area contributed by atoms with Gasteiger partial charge in [0.1, 0.15) is 5.69 Å². The maximum Gasteiger partial charge on any atom is 0.433 e. The Balaban J connectivity index is 2.65. The van der Waals surface area contributed by atoms with Crippen molar-refractivity contribution in [2.24, 2.45) is 5.84 Å². The lowest BCUT2D eigenvalue weighted by molar-refractivity contribution is -0.140. The van der Waals surface area contributed by atoms with Crippen LogP contribution in [-0.2, 0) is 6.18 Å². The van der Waals surface area contributed by atoms with Crippen molar-refractivity contribution in [1.29, 1.82) is 0 Å². The lowest BCUT2D eigenvalue weighted by Gasteiger charge is -2.14. The Bertz CT molecular complexity index is 623. The number of anilines is 1. The summed E-state index contributed by atoms with van der Waals surface area (Å²) in [5.74, 6) is 5.67. The molecule has 0 radical (unpaired) electrons. The predicted octanol–water partition coefficient (Wildman–Crippen LogP) is 4.05. The number of nitrogens with two attached hydrogens (primary N) is 1. The number of nitrogen functional groups attached to an aromatic ring is 1. The molecule has 108 valence electrons. The van der Waals surface area contributed by atoms with E-state index < -0.39 is 11.9 Å². The second kappa shape index (κ2) is 5.28. The van der Waals surface area contributed by atoms with Crippen LogP contribution in [0.5, 0.6) is 0 Å². The zero-order valence-electron chi connectivity index (χ0n) is 11.3. The number of aromatic nitrogens is 1. The number of fused-ring (bicyclic) bond motifs is 1. The Morgan fingerprint density at radius 3 is 2.55 bits per heavy atom. The number of hydrogen-bond acceptors (Lipinski definition) is 3. The highest BCUT2D eigenvalue weighted by molar-refractivity contribution is 5.92. The molecule has 2 aromatic rings. The van der Waals surface area contributed by atoms with Crippen molar-refractivity contribution < 1.29 is 13.2 Å². The second-order valence-electron chi connectivity index (χ2n) is 4.78. The Hall–Kier alpha value is -1.82. The minimum Gasteiger partial charge on any atom is -0.323 e. The highest BCUT2D eigenvalue weighted by Crippen LogP contribution is 2.34. The molecule has 0 amide bonds. The van der Waals surface area contributed by atoms with E-state index in [0.29, 0.717) is 11.3 Å². The van der Waals surface area contributed by atoms with E-state index in [9.17, 15) is 13.2 Å². The number of pyridine rings is 1. The van der Waals surface area contributed by atoms with Gasteiger partial charge < -0.3 is 5.43 Å². The maximum absolute atomic E-state index is 12.8. The monoisotopic (exact) mass is 283 g/mol. The molecule has 0 saturated carbocycles. The molecule has 2 rings (SSSR count). The molecule has 0 aliphatic heterocycles. The Morgan fingerprint density at radius 2 is 2.00 bits per heavy atom. The number of hydrogen-bond donors (Lipinski definition) is 2. The predicted molar refractivity (Wildman–Crippen MR) is 73.3 cm³/mol. The smallest absolute Gasteiger partial charge is 0.323 e. The number of rotatable bonds is 3. The summed E-state index contributed by atoms with van der Waals surface area (Å²) in [4.78, 5) is 3.66. The van der Waals surface area contributed by atoms with Gasteiger partial charge in [0.05, 0.1) is 11.2 Å². The number of hydrazine groups is 1. The van der Waals surface area contributed by atoms with Crippen LogP contribution >= 0.6 is 0 Å². The standard InChI is InChI=1S/C14H16F3N3/c1-3-8(2)9-4-5-11-10(6-9)12(20-18)7-13(19-11)14(15,16)17/h4-8H,3,18H2,1-2H3,(H,19,20). The summed E-state index contributed by atoms with van der Waals surface area (Å²) in [7, 11) is 0. The summed E-state index contributed by atoms with van der Waals surface area (Å²) >= 11 is 0. The van der Waals surface area contributed by atoms with Crippen LogP contribution in [0.15, 0.2) is 24.3 Å². The molecule has 20 heavy (non-hydrogen) atoms. The number of benzene rings is 1. The molecule has 6 heteroatoms. The van der Waals surface area contributed by atoms with Crippen molar-refractivity contribution in [3.05, 3.63) is 35.5 Å². The molecule has 3 nitrogen and oxygen atoms in total. The number of nitrogens with one attached hydrogen (secondary N) is 1. The zero-order chi connectivity index (χ0) is 14.9. The van der Waals surface area contributed by atoms with Gasteiger partial charge in [0.2, 0.25) is 0 Å². The van der Waals surface area contributed by atoms with Gasteiger partial charge in [-0.3, -0.25) is 5.84 Å². The molecule has 0 aliphatic carbocycles. The lowest BCUT2D eigenvalue weighted by atomic mass is 9.96. The molecule has 1 aromatic carbocycles. The largest absolute Gasteiger partial charge is 0.433 e. The van der Waals surface area contributed by atoms with Crippen molar-refractivity contribution >= 4 is 16.6 Å². The molecule has 0 spiro atoms. The van der Waals surface area contributed by atoms with Gasteiger partial charge in [0.25, 0.3) is 0 Å². The fourth-order valence-electron chi connectivity index (χ4n) is 2.05. The van der Waals surface area contributed by atoms with Gasteiger partial charge in [0.15, 0.2) is 0 Å². The first-order chi connectivity index (χ1) is 9.36. The van der Waals surface area contributed by atoms with Crippen molar-refractivity contribution in [1.82, 2.24) is 4.98 Å². The molecule has 3 N–H and O–H groups in total. The van der Waals surface area contributed by atoms with E-state index in [4.69, 9.17) is 5.84 Å². The summed E-state index contributed by atoms with van der Waals surface area (Å²) in [6.07, 6.45) is -3.54. The third kappa shape index (κ3) is 2.70. The molecular weight excluding hydrogens is 267 g/mol. The van der Waals surface area contributed by atoms with Crippen LogP contribution in [0.1, 0.15) is 37.4 Å². The summed E-state index contributed by atoms with van der Waals surface area (Å²) in [6.45, 7) is 4.12. The lowest BCUT2D eigenvalue weighted by Crippen LogP contribution is -2.13. The second-order valence-corrected chi connectivity index (χ2v) is 4.78. The van der Waals surface area contributed by atoms with Gasteiger partial charge >= 0.3 is 6.18 Å². The molecule has 0 aliphatic rings. The zero-order valence-corrected chi connectivity index (χ0v) is 11.3. The first kappa shape index (κ1) is 14.6. The molecule has 0 bridgehead atoms. The van der Waals surface area contributed by atoms with E-state index in [1.54, 1.807) is 6.07 Å². The SMILES string of the molecule is CCC(C)c1ccc2nc(C(F)(F)F)cc(NN)c2c1.